The smallest absolute Gasteiger partial charge is 0.258 e. The van der Waals surface area contributed by atoms with Gasteiger partial charge in [-0.15, -0.1) is 0 Å². The largest absolute Gasteiger partial charge is 0.287 e. The Labute approximate surface area is 96.3 Å². The Morgan fingerprint density at radius 1 is 1.67 bits per heavy atom. The minimum Gasteiger partial charge on any atom is -0.258 e. The second-order valence-corrected chi connectivity index (χ2v) is 3.83. The summed E-state index contributed by atoms with van der Waals surface area (Å²) in [5.74, 6) is 0. The molecule has 0 N–H and O–H groups in total. The van der Waals surface area contributed by atoms with Crippen LogP contribution >= 0.6 is 15.9 Å². The maximum atomic E-state index is 10.5. The minimum absolute atomic E-state index is 0.0325. The molecule has 0 aliphatic carbocycles. The van der Waals surface area contributed by atoms with E-state index < -0.39 is 4.92 Å². The zero-order valence-corrected chi connectivity index (χ0v) is 9.90. The van der Waals surface area contributed by atoms with Crippen molar-refractivity contribution >= 4 is 27.7 Å². The standard InChI is InChI=1S/C10H11BrN2O2/c1-8-6-9(13(14)15)7-12-10(8)4-2-3-5-11/h2,4,6-7H,3,5H2,1H3. The molecule has 0 unspecified atom stereocenters. The number of hydrogen-bond donors (Lipinski definition) is 0. The Balaban J connectivity index is 2.88. The molecular weight excluding hydrogens is 260 g/mol. The Morgan fingerprint density at radius 3 is 2.93 bits per heavy atom. The van der Waals surface area contributed by atoms with Gasteiger partial charge >= 0.3 is 0 Å². The maximum Gasteiger partial charge on any atom is 0.287 e. The zero-order valence-electron chi connectivity index (χ0n) is 8.31. The molecule has 0 amide bonds. The van der Waals surface area contributed by atoms with Crippen LogP contribution in [0.2, 0.25) is 0 Å². The van der Waals surface area contributed by atoms with E-state index in [2.05, 4.69) is 20.9 Å². The zero-order chi connectivity index (χ0) is 11.3. The van der Waals surface area contributed by atoms with E-state index in [0.29, 0.717) is 0 Å². The summed E-state index contributed by atoms with van der Waals surface area (Å²) in [4.78, 5) is 14.1. The summed E-state index contributed by atoms with van der Waals surface area (Å²) in [6.45, 7) is 1.81. The summed E-state index contributed by atoms with van der Waals surface area (Å²) in [5, 5.41) is 11.4. The number of rotatable bonds is 4. The summed E-state index contributed by atoms with van der Waals surface area (Å²) in [7, 11) is 0. The first-order chi connectivity index (χ1) is 7.15. The van der Waals surface area contributed by atoms with Gasteiger partial charge < -0.3 is 0 Å². The van der Waals surface area contributed by atoms with Gasteiger partial charge in [0, 0.05) is 11.4 Å². The number of alkyl halides is 1. The van der Waals surface area contributed by atoms with Crippen LogP contribution in [0, 0.1) is 17.0 Å². The molecule has 0 radical (unpaired) electrons. The van der Waals surface area contributed by atoms with Crippen LogP contribution in [0.4, 0.5) is 5.69 Å². The Morgan fingerprint density at radius 2 is 2.40 bits per heavy atom. The average molecular weight is 271 g/mol. The van der Waals surface area contributed by atoms with E-state index in [0.717, 1.165) is 23.0 Å². The Hall–Kier alpha value is -1.23. The van der Waals surface area contributed by atoms with Crippen molar-refractivity contribution < 1.29 is 4.92 Å². The van der Waals surface area contributed by atoms with Crippen LogP contribution in [0.3, 0.4) is 0 Å². The van der Waals surface area contributed by atoms with E-state index in [1.54, 1.807) is 0 Å². The van der Waals surface area contributed by atoms with E-state index in [1.165, 1.54) is 12.3 Å². The van der Waals surface area contributed by atoms with Gasteiger partial charge in [0.05, 0.1) is 10.6 Å². The van der Waals surface area contributed by atoms with E-state index in [1.807, 2.05) is 19.1 Å². The number of nitrogens with zero attached hydrogens (tertiary/aromatic N) is 2. The molecule has 1 rings (SSSR count). The van der Waals surface area contributed by atoms with Gasteiger partial charge in [0.1, 0.15) is 6.20 Å². The molecule has 1 aromatic heterocycles. The quantitative estimate of drug-likeness (QED) is 0.480. The molecule has 0 aliphatic heterocycles. The van der Waals surface area contributed by atoms with Gasteiger partial charge in [0.2, 0.25) is 0 Å². The molecule has 1 aromatic rings. The predicted molar refractivity (Wildman–Crippen MR) is 63.1 cm³/mol. The van der Waals surface area contributed by atoms with Crippen LogP contribution in [-0.2, 0) is 0 Å². The van der Waals surface area contributed by atoms with Gasteiger partial charge in [-0.1, -0.05) is 22.0 Å². The molecule has 80 valence electrons. The molecule has 0 saturated heterocycles. The minimum atomic E-state index is -0.439. The first kappa shape index (κ1) is 11.8. The lowest BCUT2D eigenvalue weighted by atomic mass is 10.2. The van der Waals surface area contributed by atoms with Gasteiger partial charge in [-0.2, -0.15) is 0 Å². The summed E-state index contributed by atoms with van der Waals surface area (Å²) < 4.78 is 0. The molecule has 15 heavy (non-hydrogen) atoms. The highest BCUT2D eigenvalue weighted by Crippen LogP contribution is 2.15. The van der Waals surface area contributed by atoms with Gasteiger partial charge in [0.15, 0.2) is 0 Å². The summed E-state index contributed by atoms with van der Waals surface area (Å²) >= 11 is 3.31. The molecule has 0 aliphatic rings. The lowest BCUT2D eigenvalue weighted by Crippen LogP contribution is -1.93. The van der Waals surface area contributed by atoms with Gasteiger partial charge in [0.25, 0.3) is 5.69 Å². The molecule has 0 saturated carbocycles. The van der Waals surface area contributed by atoms with E-state index in [-0.39, 0.29) is 5.69 Å². The molecule has 0 atom stereocenters. The number of allylic oxidation sites excluding steroid dienone is 1. The predicted octanol–water partition coefficient (Wildman–Crippen LogP) is 3.10. The summed E-state index contributed by atoms with van der Waals surface area (Å²) in [5.41, 5.74) is 1.63. The van der Waals surface area contributed by atoms with E-state index in [4.69, 9.17) is 0 Å². The van der Waals surface area contributed by atoms with Crippen molar-refractivity contribution in [2.45, 2.75) is 13.3 Å². The fraction of sp³-hybridized carbons (Fsp3) is 0.300. The summed E-state index contributed by atoms with van der Waals surface area (Å²) in [6, 6.07) is 1.53. The number of aryl methyl sites for hydroxylation is 1. The fourth-order valence-electron chi connectivity index (χ4n) is 1.10. The van der Waals surface area contributed by atoms with Crippen molar-refractivity contribution in [3.63, 3.8) is 0 Å². The van der Waals surface area contributed by atoms with Crippen molar-refractivity contribution in [3.8, 4) is 0 Å². The van der Waals surface area contributed by atoms with Crippen molar-refractivity contribution in [1.82, 2.24) is 4.98 Å². The second kappa shape index (κ2) is 5.60. The van der Waals surface area contributed by atoms with E-state index in [9.17, 15) is 10.1 Å². The number of halogens is 1. The number of hydrogen-bond acceptors (Lipinski definition) is 3. The topological polar surface area (TPSA) is 56.0 Å². The van der Waals surface area contributed by atoms with Crippen molar-refractivity contribution in [2.24, 2.45) is 0 Å². The molecule has 1 heterocycles. The van der Waals surface area contributed by atoms with Crippen LogP contribution in [-0.4, -0.2) is 15.2 Å². The second-order valence-electron chi connectivity index (χ2n) is 3.03. The third-order valence-electron chi connectivity index (χ3n) is 1.87. The first-order valence-corrected chi connectivity index (χ1v) is 5.61. The molecule has 0 bridgehead atoms. The van der Waals surface area contributed by atoms with Gasteiger partial charge in [-0.25, -0.2) is 4.98 Å². The Bertz CT molecular complexity index is 391. The summed E-state index contributed by atoms with van der Waals surface area (Å²) in [6.07, 6.45) is 6.05. The highest BCUT2D eigenvalue weighted by molar-refractivity contribution is 9.09. The van der Waals surface area contributed by atoms with Crippen molar-refractivity contribution in [3.05, 3.63) is 39.7 Å². The highest BCUT2D eigenvalue weighted by atomic mass is 79.9. The molecule has 4 nitrogen and oxygen atoms in total. The van der Waals surface area contributed by atoms with Gasteiger partial charge in [-0.05, 0) is 25.0 Å². The molecule has 0 aromatic carbocycles. The van der Waals surface area contributed by atoms with E-state index >= 15 is 0 Å². The fourth-order valence-corrected chi connectivity index (χ4v) is 1.37. The Kier molecular flexibility index (Phi) is 4.42. The van der Waals surface area contributed by atoms with Crippen molar-refractivity contribution in [1.29, 1.82) is 0 Å². The van der Waals surface area contributed by atoms with Crippen LogP contribution in [0.5, 0.6) is 0 Å². The SMILES string of the molecule is Cc1cc([N+](=O)[O-])cnc1C=CCCBr. The first-order valence-electron chi connectivity index (χ1n) is 4.48. The number of pyridine rings is 1. The average Bonchev–Trinajstić information content (AvgIpc) is 2.20. The monoisotopic (exact) mass is 270 g/mol. The van der Waals surface area contributed by atoms with Crippen LogP contribution in [0.25, 0.3) is 6.08 Å². The lowest BCUT2D eigenvalue weighted by Gasteiger charge is -1.98. The number of nitro groups is 1. The normalized spacial score (nSPS) is 10.8. The third kappa shape index (κ3) is 3.43. The molecule has 0 spiro atoms. The highest BCUT2D eigenvalue weighted by Gasteiger charge is 2.07. The van der Waals surface area contributed by atoms with Crippen LogP contribution < -0.4 is 0 Å². The maximum absolute atomic E-state index is 10.5. The number of aromatic nitrogens is 1. The van der Waals surface area contributed by atoms with Gasteiger partial charge in [-0.3, -0.25) is 10.1 Å². The molecule has 5 heteroatoms. The third-order valence-corrected chi connectivity index (χ3v) is 2.32. The lowest BCUT2D eigenvalue weighted by molar-refractivity contribution is -0.385. The van der Waals surface area contributed by atoms with Crippen LogP contribution in [0.15, 0.2) is 18.3 Å². The molecule has 0 fully saturated rings. The van der Waals surface area contributed by atoms with Crippen LogP contribution in [0.1, 0.15) is 17.7 Å². The van der Waals surface area contributed by atoms with Crippen molar-refractivity contribution in [2.75, 3.05) is 5.33 Å². The molecular formula is C10H11BrN2O2.